The summed E-state index contributed by atoms with van der Waals surface area (Å²) < 4.78 is 7.88. The molecule has 2 aromatic carbocycles. The maximum absolute atomic E-state index is 6.15. The highest BCUT2D eigenvalue weighted by Crippen LogP contribution is 2.30. The third-order valence-electron chi connectivity index (χ3n) is 3.11. The van der Waals surface area contributed by atoms with Crippen LogP contribution in [0.15, 0.2) is 40.8 Å². The van der Waals surface area contributed by atoms with Crippen LogP contribution in [-0.4, -0.2) is 4.57 Å². The van der Waals surface area contributed by atoms with Crippen LogP contribution in [-0.2, 0) is 0 Å². The van der Waals surface area contributed by atoms with Gasteiger partial charge in [0.1, 0.15) is 4.64 Å². The average molecular weight is 354 g/mol. The largest absolute Gasteiger partial charge is 0.429 e. The van der Waals surface area contributed by atoms with Gasteiger partial charge in [-0.25, -0.2) is 0 Å². The topological polar surface area (TPSA) is 18.1 Å². The van der Waals surface area contributed by atoms with E-state index in [-0.39, 0.29) is 4.84 Å². The van der Waals surface area contributed by atoms with Crippen molar-refractivity contribution in [3.05, 3.63) is 61.5 Å². The van der Waals surface area contributed by atoms with Crippen LogP contribution < -0.4 is 0 Å². The first-order valence-electron chi connectivity index (χ1n) is 6.09. The van der Waals surface area contributed by atoms with E-state index in [0.717, 1.165) is 11.3 Å². The fourth-order valence-electron chi connectivity index (χ4n) is 2.08. The maximum atomic E-state index is 6.15. The molecule has 2 nitrogen and oxygen atoms in total. The van der Waals surface area contributed by atoms with Crippen molar-refractivity contribution in [2.45, 2.75) is 6.92 Å². The molecule has 1 aromatic heterocycles. The Morgan fingerprint density at radius 3 is 2.38 bits per heavy atom. The monoisotopic (exact) mass is 353 g/mol. The highest BCUT2D eigenvalue weighted by molar-refractivity contribution is 7.72. The molecule has 0 atom stereocenters. The molecule has 1 heterocycles. The smallest absolute Gasteiger partial charge is 0.274 e. The molecule has 0 aliphatic rings. The van der Waals surface area contributed by atoms with E-state index < -0.39 is 0 Å². The molecule has 0 saturated carbocycles. The highest BCUT2D eigenvalue weighted by atomic mass is 35.5. The quantitative estimate of drug-likeness (QED) is 0.478. The summed E-state index contributed by atoms with van der Waals surface area (Å²) in [5, 5.41) is 1.56. The molecule has 21 heavy (non-hydrogen) atoms. The van der Waals surface area contributed by atoms with Crippen molar-refractivity contribution in [1.29, 1.82) is 0 Å². The minimum Gasteiger partial charge on any atom is -0.429 e. The Labute approximate surface area is 141 Å². The number of nitrogens with zero attached hydrogens (tertiary/aromatic N) is 1. The van der Waals surface area contributed by atoms with Gasteiger partial charge in [0, 0.05) is 5.02 Å². The molecule has 6 heteroatoms. The molecule has 0 aliphatic heterocycles. The molecule has 3 rings (SSSR count). The van der Waals surface area contributed by atoms with Crippen LogP contribution in [0.1, 0.15) is 5.56 Å². The van der Waals surface area contributed by atoms with E-state index in [4.69, 9.17) is 52.1 Å². The maximum Gasteiger partial charge on any atom is 0.274 e. The molecule has 0 fully saturated rings. The van der Waals surface area contributed by atoms with Crippen molar-refractivity contribution in [2.24, 2.45) is 0 Å². The first-order chi connectivity index (χ1) is 9.97. The Morgan fingerprint density at radius 2 is 1.71 bits per heavy atom. The Bertz CT molecular complexity index is 958. The van der Waals surface area contributed by atoms with Crippen LogP contribution >= 0.6 is 47.6 Å². The van der Waals surface area contributed by atoms with E-state index in [1.807, 2.05) is 31.2 Å². The summed E-state index contributed by atoms with van der Waals surface area (Å²) in [5.41, 5.74) is 2.46. The molecule has 0 radical (unpaired) electrons. The molecule has 0 spiro atoms. The van der Waals surface area contributed by atoms with Gasteiger partial charge < -0.3 is 4.42 Å². The fourth-order valence-corrected chi connectivity index (χ4v) is 3.29. The number of benzene rings is 2. The Balaban J connectivity index is 2.42. The SMILES string of the molecule is Cc1ccc(-n2c(=S)oc3c(Cl)cc(Cl)cc3c2=S)cc1. The van der Waals surface area contributed by atoms with E-state index in [0.29, 0.717) is 25.7 Å². The number of aromatic nitrogens is 1. The Morgan fingerprint density at radius 1 is 1.05 bits per heavy atom. The van der Waals surface area contributed by atoms with Gasteiger partial charge >= 0.3 is 0 Å². The minimum atomic E-state index is 0.251. The number of hydrogen-bond acceptors (Lipinski definition) is 3. The third kappa shape index (κ3) is 2.64. The van der Waals surface area contributed by atoms with Crippen molar-refractivity contribution in [3.8, 4) is 5.69 Å². The molecular formula is C15H9Cl2NOS2. The van der Waals surface area contributed by atoms with Crippen molar-refractivity contribution in [2.75, 3.05) is 0 Å². The lowest BCUT2D eigenvalue weighted by atomic mass is 10.2. The number of fused-ring (bicyclic) bond motifs is 1. The van der Waals surface area contributed by atoms with E-state index in [1.54, 1.807) is 16.7 Å². The molecule has 0 N–H and O–H groups in total. The van der Waals surface area contributed by atoms with E-state index >= 15 is 0 Å². The molecule has 0 aliphatic carbocycles. The van der Waals surface area contributed by atoms with Gasteiger partial charge in [-0.1, -0.05) is 53.1 Å². The first kappa shape index (κ1) is 14.7. The van der Waals surface area contributed by atoms with Crippen LogP contribution in [0.5, 0.6) is 0 Å². The normalized spacial score (nSPS) is 11.0. The summed E-state index contributed by atoms with van der Waals surface area (Å²) >= 11 is 23.0. The zero-order valence-corrected chi connectivity index (χ0v) is 14.0. The fraction of sp³-hybridized carbons (Fsp3) is 0.0667. The van der Waals surface area contributed by atoms with Gasteiger partial charge in [-0.05, 0) is 43.4 Å². The predicted molar refractivity (Wildman–Crippen MR) is 92.0 cm³/mol. The lowest BCUT2D eigenvalue weighted by Crippen LogP contribution is -1.99. The number of aryl methyl sites for hydroxylation is 1. The number of rotatable bonds is 1. The summed E-state index contributed by atoms with van der Waals surface area (Å²) in [5.74, 6) is 0. The van der Waals surface area contributed by atoms with Gasteiger partial charge in [0.05, 0.1) is 16.1 Å². The van der Waals surface area contributed by atoms with E-state index in [9.17, 15) is 0 Å². The summed E-state index contributed by atoms with van der Waals surface area (Å²) in [7, 11) is 0. The summed E-state index contributed by atoms with van der Waals surface area (Å²) in [4.78, 5) is 0.251. The Kier molecular flexibility index (Phi) is 3.88. The first-order valence-corrected chi connectivity index (χ1v) is 7.66. The van der Waals surface area contributed by atoms with E-state index in [1.165, 1.54) is 0 Å². The van der Waals surface area contributed by atoms with Crippen molar-refractivity contribution in [1.82, 2.24) is 4.57 Å². The van der Waals surface area contributed by atoms with Crippen LogP contribution in [0.4, 0.5) is 0 Å². The molecule has 0 amide bonds. The zero-order valence-electron chi connectivity index (χ0n) is 10.9. The second kappa shape index (κ2) is 5.54. The van der Waals surface area contributed by atoms with Crippen LogP contribution in [0.25, 0.3) is 16.7 Å². The van der Waals surface area contributed by atoms with Crippen LogP contribution in [0.2, 0.25) is 10.0 Å². The van der Waals surface area contributed by atoms with Gasteiger partial charge in [-0.15, -0.1) is 0 Å². The summed E-state index contributed by atoms with van der Waals surface area (Å²) in [6.45, 7) is 2.02. The van der Waals surface area contributed by atoms with Crippen LogP contribution in [0.3, 0.4) is 0 Å². The van der Waals surface area contributed by atoms with Gasteiger partial charge in [0.2, 0.25) is 0 Å². The number of hydrogen-bond donors (Lipinski definition) is 0. The van der Waals surface area contributed by atoms with Crippen LogP contribution in [0, 0.1) is 16.4 Å². The summed E-state index contributed by atoms with van der Waals surface area (Å²) in [6.07, 6.45) is 0. The van der Waals surface area contributed by atoms with Gasteiger partial charge in [0.25, 0.3) is 4.84 Å². The second-order valence-electron chi connectivity index (χ2n) is 4.61. The van der Waals surface area contributed by atoms with Crippen molar-refractivity contribution in [3.63, 3.8) is 0 Å². The van der Waals surface area contributed by atoms with Gasteiger partial charge in [-0.2, -0.15) is 0 Å². The molecular weight excluding hydrogens is 345 g/mol. The number of halogens is 2. The lowest BCUT2D eigenvalue weighted by molar-refractivity contribution is 0.537. The highest BCUT2D eigenvalue weighted by Gasteiger charge is 2.10. The minimum absolute atomic E-state index is 0.251. The standard InChI is InChI=1S/C15H9Cl2NOS2/c1-8-2-4-10(5-3-8)18-14(20)11-6-9(16)7-12(17)13(11)19-15(18)21/h2-7H,1H3. The van der Waals surface area contributed by atoms with Gasteiger partial charge in [0.15, 0.2) is 5.58 Å². The van der Waals surface area contributed by atoms with Gasteiger partial charge in [-0.3, -0.25) is 4.57 Å². The molecule has 3 aromatic rings. The average Bonchev–Trinajstić information content (AvgIpc) is 2.42. The molecule has 106 valence electrons. The third-order valence-corrected chi connectivity index (χ3v) is 4.27. The zero-order chi connectivity index (χ0) is 15.1. The molecule has 0 unspecified atom stereocenters. The second-order valence-corrected chi connectivity index (χ2v) is 6.19. The Hall–Kier alpha value is -1.20. The summed E-state index contributed by atoms with van der Waals surface area (Å²) in [6, 6.07) is 11.2. The predicted octanol–water partition coefficient (Wildman–Crippen LogP) is 6.30. The molecule has 0 saturated heterocycles. The lowest BCUT2D eigenvalue weighted by Gasteiger charge is -2.10. The van der Waals surface area contributed by atoms with E-state index in [2.05, 4.69) is 0 Å². The van der Waals surface area contributed by atoms with Crippen molar-refractivity contribution >= 4 is 58.6 Å². The molecule has 0 bridgehead atoms. The van der Waals surface area contributed by atoms with Crippen molar-refractivity contribution < 1.29 is 4.42 Å².